The SMILES string of the molecule is CC1CC2(c3ccccc3)CC(CC(C)(C=O)C2)C1(C)C. The van der Waals surface area contributed by atoms with E-state index in [4.69, 9.17) is 0 Å². The first-order valence-corrected chi connectivity index (χ1v) is 8.33. The zero-order chi connectivity index (χ0) is 15.3. The highest BCUT2D eigenvalue weighted by Crippen LogP contribution is 2.62. The summed E-state index contributed by atoms with van der Waals surface area (Å²) in [5, 5.41) is 0. The molecule has 1 heteroatoms. The number of carbonyl (C=O) groups is 1. The van der Waals surface area contributed by atoms with Crippen molar-refractivity contribution in [1.29, 1.82) is 0 Å². The standard InChI is InChI=1S/C20H28O/c1-15-10-20(16-8-6-5-7-9-16)12-17(18(15,2)3)11-19(4,13-20)14-21/h5-9,14-15,17H,10-13H2,1-4H3. The highest BCUT2D eigenvalue weighted by molar-refractivity contribution is 5.60. The van der Waals surface area contributed by atoms with Crippen molar-refractivity contribution in [2.45, 2.75) is 58.8 Å². The van der Waals surface area contributed by atoms with Crippen LogP contribution < -0.4 is 0 Å². The lowest BCUT2D eigenvalue weighted by Crippen LogP contribution is -2.53. The minimum absolute atomic E-state index is 0.157. The molecule has 0 aliphatic heterocycles. The number of benzene rings is 1. The average Bonchev–Trinajstić information content (AvgIpc) is 2.46. The minimum Gasteiger partial charge on any atom is -0.303 e. The van der Waals surface area contributed by atoms with E-state index in [2.05, 4.69) is 58.0 Å². The molecule has 0 aromatic heterocycles. The van der Waals surface area contributed by atoms with Crippen LogP contribution in [0.25, 0.3) is 0 Å². The summed E-state index contributed by atoms with van der Waals surface area (Å²) in [5.74, 6) is 1.35. The Balaban J connectivity index is 2.08. The third-order valence-corrected chi connectivity index (χ3v) is 6.78. The van der Waals surface area contributed by atoms with Gasteiger partial charge in [-0.3, -0.25) is 0 Å². The predicted molar refractivity (Wildman–Crippen MR) is 87.2 cm³/mol. The molecule has 1 aromatic carbocycles. The van der Waals surface area contributed by atoms with Gasteiger partial charge in [-0.25, -0.2) is 0 Å². The molecule has 2 fully saturated rings. The van der Waals surface area contributed by atoms with Crippen molar-refractivity contribution in [3.8, 4) is 0 Å². The quantitative estimate of drug-likeness (QED) is 0.699. The van der Waals surface area contributed by atoms with Gasteiger partial charge >= 0.3 is 0 Å². The first-order chi connectivity index (χ1) is 9.81. The van der Waals surface area contributed by atoms with Crippen molar-refractivity contribution < 1.29 is 4.79 Å². The summed E-state index contributed by atoms with van der Waals surface area (Å²) in [5.41, 5.74) is 1.83. The van der Waals surface area contributed by atoms with Gasteiger partial charge in [0.25, 0.3) is 0 Å². The number of hydrogen-bond acceptors (Lipinski definition) is 1. The molecule has 3 rings (SSSR count). The number of carbonyl (C=O) groups excluding carboxylic acids is 1. The predicted octanol–water partition coefficient (Wildman–Crippen LogP) is 5.00. The van der Waals surface area contributed by atoms with Gasteiger partial charge in [0.2, 0.25) is 0 Å². The maximum Gasteiger partial charge on any atom is 0.125 e. The van der Waals surface area contributed by atoms with E-state index < -0.39 is 0 Å². The van der Waals surface area contributed by atoms with Gasteiger partial charge < -0.3 is 4.79 Å². The van der Waals surface area contributed by atoms with Crippen molar-refractivity contribution in [3.63, 3.8) is 0 Å². The van der Waals surface area contributed by atoms with Gasteiger partial charge in [-0.1, -0.05) is 58.0 Å². The Hall–Kier alpha value is -1.11. The molecule has 2 aliphatic rings. The molecular weight excluding hydrogens is 256 g/mol. The molecule has 0 saturated heterocycles. The lowest BCUT2D eigenvalue weighted by atomic mass is 9.44. The zero-order valence-corrected chi connectivity index (χ0v) is 13.9. The van der Waals surface area contributed by atoms with Gasteiger partial charge in [-0.15, -0.1) is 0 Å². The van der Waals surface area contributed by atoms with Gasteiger partial charge in [0.1, 0.15) is 6.29 Å². The molecule has 4 atom stereocenters. The molecule has 0 heterocycles. The summed E-state index contributed by atoms with van der Waals surface area (Å²) >= 11 is 0. The molecule has 0 amide bonds. The summed E-state index contributed by atoms with van der Waals surface area (Å²) < 4.78 is 0. The maximum atomic E-state index is 11.8. The minimum atomic E-state index is -0.157. The van der Waals surface area contributed by atoms with Crippen LogP contribution in [0.5, 0.6) is 0 Å². The Bertz CT molecular complexity index is 528. The van der Waals surface area contributed by atoms with E-state index >= 15 is 0 Å². The first-order valence-electron chi connectivity index (χ1n) is 8.33. The molecular formula is C20H28O. The zero-order valence-electron chi connectivity index (χ0n) is 13.9. The summed E-state index contributed by atoms with van der Waals surface area (Å²) in [6.07, 6.45) is 5.78. The van der Waals surface area contributed by atoms with E-state index in [9.17, 15) is 4.79 Å². The highest BCUT2D eigenvalue weighted by atomic mass is 16.1. The van der Waals surface area contributed by atoms with Crippen LogP contribution in [-0.2, 0) is 10.2 Å². The second-order valence-electron chi connectivity index (χ2n) is 8.63. The Labute approximate surface area is 129 Å². The smallest absolute Gasteiger partial charge is 0.125 e. The Morgan fingerprint density at radius 1 is 1.05 bits per heavy atom. The van der Waals surface area contributed by atoms with Crippen molar-refractivity contribution in [3.05, 3.63) is 35.9 Å². The van der Waals surface area contributed by atoms with Crippen LogP contribution in [-0.4, -0.2) is 6.29 Å². The second kappa shape index (κ2) is 4.69. The van der Waals surface area contributed by atoms with Crippen LogP contribution in [0, 0.1) is 22.7 Å². The molecule has 1 aromatic rings. The molecule has 21 heavy (non-hydrogen) atoms. The normalized spacial score (nSPS) is 41.5. The topological polar surface area (TPSA) is 17.1 Å². The molecule has 2 aliphatic carbocycles. The number of fused-ring (bicyclic) bond motifs is 2. The van der Waals surface area contributed by atoms with Crippen molar-refractivity contribution >= 4 is 6.29 Å². The molecule has 0 spiro atoms. The molecule has 2 saturated carbocycles. The molecule has 0 N–H and O–H groups in total. The molecule has 1 nitrogen and oxygen atoms in total. The third-order valence-electron chi connectivity index (χ3n) is 6.78. The van der Waals surface area contributed by atoms with Crippen molar-refractivity contribution in [1.82, 2.24) is 0 Å². The Morgan fingerprint density at radius 3 is 2.33 bits per heavy atom. The largest absolute Gasteiger partial charge is 0.303 e. The first kappa shape index (κ1) is 14.8. The summed E-state index contributed by atoms with van der Waals surface area (Å²) in [7, 11) is 0. The number of aldehydes is 1. The molecule has 4 unspecified atom stereocenters. The number of hydrogen-bond donors (Lipinski definition) is 0. The molecule has 0 radical (unpaired) electrons. The van der Waals surface area contributed by atoms with Crippen LogP contribution >= 0.6 is 0 Å². The van der Waals surface area contributed by atoms with Crippen LogP contribution in [0.1, 0.15) is 58.9 Å². The second-order valence-corrected chi connectivity index (χ2v) is 8.63. The highest BCUT2D eigenvalue weighted by Gasteiger charge is 2.56. The fraction of sp³-hybridized carbons (Fsp3) is 0.650. The monoisotopic (exact) mass is 284 g/mol. The Kier molecular flexibility index (Phi) is 3.31. The fourth-order valence-electron chi connectivity index (χ4n) is 5.18. The molecule has 2 bridgehead atoms. The van der Waals surface area contributed by atoms with E-state index in [1.807, 2.05) is 0 Å². The Morgan fingerprint density at radius 2 is 1.71 bits per heavy atom. The van der Waals surface area contributed by atoms with Gasteiger partial charge in [0.05, 0.1) is 0 Å². The summed E-state index contributed by atoms with van der Waals surface area (Å²) in [6, 6.07) is 10.9. The van der Waals surface area contributed by atoms with Crippen molar-refractivity contribution in [2.75, 3.05) is 0 Å². The summed E-state index contributed by atoms with van der Waals surface area (Å²) in [6.45, 7) is 9.41. The van der Waals surface area contributed by atoms with Gasteiger partial charge in [-0.05, 0) is 53.9 Å². The van der Waals surface area contributed by atoms with E-state index in [1.165, 1.54) is 24.7 Å². The lowest BCUT2D eigenvalue weighted by molar-refractivity contribution is -0.126. The molecule has 114 valence electrons. The van der Waals surface area contributed by atoms with Gasteiger partial charge in [-0.2, -0.15) is 0 Å². The van der Waals surface area contributed by atoms with E-state index in [0.717, 1.165) is 12.8 Å². The van der Waals surface area contributed by atoms with Crippen LogP contribution in [0.15, 0.2) is 30.3 Å². The number of rotatable bonds is 2. The fourth-order valence-corrected chi connectivity index (χ4v) is 5.18. The summed E-state index contributed by atoms with van der Waals surface area (Å²) in [4.78, 5) is 11.8. The van der Waals surface area contributed by atoms with Crippen LogP contribution in [0.3, 0.4) is 0 Å². The van der Waals surface area contributed by atoms with E-state index in [0.29, 0.717) is 17.3 Å². The van der Waals surface area contributed by atoms with E-state index in [1.54, 1.807) is 0 Å². The van der Waals surface area contributed by atoms with E-state index in [-0.39, 0.29) is 10.8 Å². The van der Waals surface area contributed by atoms with Gasteiger partial charge in [0, 0.05) is 5.41 Å². The van der Waals surface area contributed by atoms with Crippen molar-refractivity contribution in [2.24, 2.45) is 22.7 Å². The maximum absolute atomic E-state index is 11.8. The lowest BCUT2D eigenvalue weighted by Gasteiger charge is -2.59. The van der Waals surface area contributed by atoms with Gasteiger partial charge in [0.15, 0.2) is 0 Å². The third kappa shape index (κ3) is 2.25. The average molecular weight is 284 g/mol. The van der Waals surface area contributed by atoms with Crippen LogP contribution in [0.4, 0.5) is 0 Å². The van der Waals surface area contributed by atoms with Crippen LogP contribution in [0.2, 0.25) is 0 Å².